The molecule has 92 valence electrons. The van der Waals surface area contributed by atoms with Crippen molar-refractivity contribution in [3.05, 3.63) is 29.3 Å². The van der Waals surface area contributed by atoms with E-state index in [0.717, 1.165) is 18.3 Å². The molecular weight excluding hydrogens is 230 g/mol. The number of nitrogens with two attached hydrogens (primary N) is 2. The maximum Gasteiger partial charge on any atom is 0.211 e. The fourth-order valence-corrected chi connectivity index (χ4v) is 1.10. The summed E-state index contributed by atoms with van der Waals surface area (Å²) in [5.41, 5.74) is 10.2. The molecule has 1 aromatic carbocycles. The SMILES string of the molecule is CCOc1c(F)cc(C=NN=C(N)N)cc1F. The predicted octanol–water partition coefficient (Wildman–Crippen LogP) is 0.971. The normalized spacial score (nSPS) is 10.5. The van der Waals surface area contributed by atoms with Gasteiger partial charge in [-0.25, -0.2) is 8.78 Å². The van der Waals surface area contributed by atoms with Crippen molar-refractivity contribution >= 4 is 12.2 Å². The molecular formula is C10H12F2N4O. The van der Waals surface area contributed by atoms with E-state index in [-0.39, 0.29) is 18.1 Å². The van der Waals surface area contributed by atoms with Gasteiger partial charge in [-0.05, 0) is 19.1 Å². The molecule has 1 rings (SSSR count). The molecule has 0 aromatic heterocycles. The lowest BCUT2D eigenvalue weighted by Crippen LogP contribution is -2.21. The summed E-state index contributed by atoms with van der Waals surface area (Å²) in [5.74, 6) is -2.27. The van der Waals surface area contributed by atoms with Gasteiger partial charge in [-0.15, -0.1) is 5.10 Å². The van der Waals surface area contributed by atoms with Crippen LogP contribution in [0.5, 0.6) is 5.75 Å². The molecule has 0 saturated carbocycles. The molecule has 0 aliphatic carbocycles. The van der Waals surface area contributed by atoms with Crippen molar-refractivity contribution in [3.63, 3.8) is 0 Å². The Morgan fingerprint density at radius 2 is 1.94 bits per heavy atom. The number of nitrogens with zero attached hydrogens (tertiary/aromatic N) is 2. The molecule has 5 nitrogen and oxygen atoms in total. The van der Waals surface area contributed by atoms with Crippen molar-refractivity contribution in [2.24, 2.45) is 21.7 Å². The average molecular weight is 242 g/mol. The van der Waals surface area contributed by atoms with Crippen LogP contribution in [0.15, 0.2) is 22.3 Å². The molecule has 0 unspecified atom stereocenters. The number of halogens is 2. The third-order valence-corrected chi connectivity index (χ3v) is 1.69. The zero-order valence-corrected chi connectivity index (χ0v) is 9.15. The van der Waals surface area contributed by atoms with Gasteiger partial charge in [-0.2, -0.15) is 5.10 Å². The molecule has 0 atom stereocenters. The van der Waals surface area contributed by atoms with Crippen LogP contribution in [0, 0.1) is 11.6 Å². The molecule has 0 amide bonds. The zero-order valence-electron chi connectivity index (χ0n) is 9.15. The Kier molecular flexibility index (Phi) is 4.38. The largest absolute Gasteiger partial charge is 0.488 e. The highest BCUT2D eigenvalue weighted by molar-refractivity contribution is 5.81. The monoisotopic (exact) mass is 242 g/mol. The van der Waals surface area contributed by atoms with Gasteiger partial charge >= 0.3 is 0 Å². The van der Waals surface area contributed by atoms with Gasteiger partial charge in [-0.3, -0.25) is 0 Å². The fourth-order valence-electron chi connectivity index (χ4n) is 1.10. The summed E-state index contributed by atoms with van der Waals surface area (Å²) < 4.78 is 31.5. The highest BCUT2D eigenvalue weighted by Crippen LogP contribution is 2.22. The Morgan fingerprint density at radius 3 is 2.41 bits per heavy atom. The van der Waals surface area contributed by atoms with Crippen molar-refractivity contribution in [1.29, 1.82) is 0 Å². The van der Waals surface area contributed by atoms with Crippen LogP contribution in [-0.2, 0) is 0 Å². The van der Waals surface area contributed by atoms with E-state index < -0.39 is 17.4 Å². The van der Waals surface area contributed by atoms with Gasteiger partial charge in [0.2, 0.25) is 5.96 Å². The summed E-state index contributed by atoms with van der Waals surface area (Å²) in [7, 11) is 0. The molecule has 0 spiro atoms. The quantitative estimate of drug-likeness (QED) is 0.468. The Morgan fingerprint density at radius 1 is 1.35 bits per heavy atom. The number of hydrogen-bond acceptors (Lipinski definition) is 3. The van der Waals surface area contributed by atoms with Crippen LogP contribution in [0.1, 0.15) is 12.5 Å². The molecule has 0 radical (unpaired) electrons. The number of rotatable bonds is 4. The van der Waals surface area contributed by atoms with E-state index in [1.54, 1.807) is 6.92 Å². The van der Waals surface area contributed by atoms with Crippen molar-refractivity contribution in [1.82, 2.24) is 0 Å². The van der Waals surface area contributed by atoms with Crippen LogP contribution in [0.2, 0.25) is 0 Å². The highest BCUT2D eigenvalue weighted by atomic mass is 19.1. The minimum absolute atomic E-state index is 0.176. The minimum Gasteiger partial charge on any atom is -0.488 e. The molecule has 4 N–H and O–H groups in total. The molecule has 1 aromatic rings. The van der Waals surface area contributed by atoms with E-state index in [2.05, 4.69) is 10.2 Å². The van der Waals surface area contributed by atoms with Gasteiger partial charge in [0.15, 0.2) is 17.4 Å². The first kappa shape index (κ1) is 12.9. The van der Waals surface area contributed by atoms with Gasteiger partial charge in [0.1, 0.15) is 0 Å². The summed E-state index contributed by atoms with van der Waals surface area (Å²) in [6.45, 7) is 1.81. The molecule has 0 aliphatic rings. The van der Waals surface area contributed by atoms with E-state index in [1.165, 1.54) is 0 Å². The first-order valence-electron chi connectivity index (χ1n) is 4.78. The molecule has 0 fully saturated rings. The second-order valence-corrected chi connectivity index (χ2v) is 3.02. The van der Waals surface area contributed by atoms with Crippen LogP contribution in [-0.4, -0.2) is 18.8 Å². The van der Waals surface area contributed by atoms with Crippen LogP contribution < -0.4 is 16.2 Å². The fraction of sp³-hybridized carbons (Fsp3) is 0.200. The Labute approximate surface area is 96.8 Å². The van der Waals surface area contributed by atoms with Crippen molar-refractivity contribution < 1.29 is 13.5 Å². The van der Waals surface area contributed by atoms with Gasteiger partial charge in [0, 0.05) is 5.56 Å². The second-order valence-electron chi connectivity index (χ2n) is 3.02. The standard InChI is InChI=1S/C10H12F2N4O/c1-2-17-9-7(11)3-6(4-8(9)12)5-15-16-10(13)14/h3-5H,2H2,1H3,(H4,13,14,16). The maximum absolute atomic E-state index is 13.4. The molecule has 0 aliphatic heterocycles. The van der Waals surface area contributed by atoms with Gasteiger partial charge in [0.05, 0.1) is 12.8 Å². The van der Waals surface area contributed by atoms with Crippen molar-refractivity contribution in [3.8, 4) is 5.75 Å². The third kappa shape index (κ3) is 3.71. The molecule has 17 heavy (non-hydrogen) atoms. The first-order chi connectivity index (χ1) is 8.04. The topological polar surface area (TPSA) is 86.0 Å². The van der Waals surface area contributed by atoms with E-state index in [9.17, 15) is 8.78 Å². The van der Waals surface area contributed by atoms with Crippen LogP contribution in [0.4, 0.5) is 8.78 Å². The van der Waals surface area contributed by atoms with E-state index in [4.69, 9.17) is 16.2 Å². The predicted molar refractivity (Wildman–Crippen MR) is 60.9 cm³/mol. The van der Waals surface area contributed by atoms with Gasteiger partial charge in [-0.1, -0.05) is 0 Å². The first-order valence-corrected chi connectivity index (χ1v) is 4.78. The zero-order chi connectivity index (χ0) is 12.8. The number of ether oxygens (including phenoxy) is 1. The second kappa shape index (κ2) is 5.78. The Bertz CT molecular complexity index is 433. The maximum atomic E-state index is 13.4. The van der Waals surface area contributed by atoms with E-state index in [1.807, 2.05) is 0 Å². The highest BCUT2D eigenvalue weighted by Gasteiger charge is 2.11. The van der Waals surface area contributed by atoms with Crippen LogP contribution in [0.25, 0.3) is 0 Å². The summed E-state index contributed by atoms with van der Waals surface area (Å²) in [5, 5.41) is 6.74. The van der Waals surface area contributed by atoms with E-state index >= 15 is 0 Å². The smallest absolute Gasteiger partial charge is 0.211 e. The lowest BCUT2D eigenvalue weighted by molar-refractivity contribution is 0.302. The van der Waals surface area contributed by atoms with Crippen molar-refractivity contribution in [2.45, 2.75) is 6.92 Å². The van der Waals surface area contributed by atoms with Crippen molar-refractivity contribution in [2.75, 3.05) is 6.61 Å². The lowest BCUT2D eigenvalue weighted by atomic mass is 10.2. The van der Waals surface area contributed by atoms with E-state index in [0.29, 0.717) is 0 Å². The number of hydrogen-bond donors (Lipinski definition) is 2. The average Bonchev–Trinajstić information content (AvgIpc) is 2.23. The Hall–Kier alpha value is -2.18. The van der Waals surface area contributed by atoms with Crippen LogP contribution >= 0.6 is 0 Å². The molecule has 0 saturated heterocycles. The van der Waals surface area contributed by atoms with Gasteiger partial charge in [0.25, 0.3) is 0 Å². The Balaban J connectivity index is 2.98. The molecule has 7 heteroatoms. The summed E-state index contributed by atoms with van der Waals surface area (Å²) in [4.78, 5) is 0. The minimum atomic E-state index is -0.807. The lowest BCUT2D eigenvalue weighted by Gasteiger charge is -2.06. The number of benzene rings is 1. The molecule has 0 bridgehead atoms. The van der Waals surface area contributed by atoms with Gasteiger partial charge < -0.3 is 16.2 Å². The summed E-state index contributed by atoms with van der Waals surface area (Å²) in [6.07, 6.45) is 1.13. The summed E-state index contributed by atoms with van der Waals surface area (Å²) >= 11 is 0. The number of guanidine groups is 1. The third-order valence-electron chi connectivity index (χ3n) is 1.69. The molecule has 0 heterocycles. The van der Waals surface area contributed by atoms with Crippen LogP contribution in [0.3, 0.4) is 0 Å². The summed E-state index contributed by atoms with van der Waals surface area (Å²) in [6, 6.07) is 2.14.